The van der Waals surface area contributed by atoms with Crippen LogP contribution in [0.15, 0.2) is 30.5 Å². The zero-order chi connectivity index (χ0) is 13.8. The molecule has 4 heteroatoms. The van der Waals surface area contributed by atoms with Crippen LogP contribution in [0.2, 0.25) is 5.02 Å². The van der Waals surface area contributed by atoms with Crippen LogP contribution in [-0.4, -0.2) is 16.3 Å². The quantitative estimate of drug-likeness (QED) is 0.906. The second-order valence-electron chi connectivity index (χ2n) is 4.57. The smallest absolute Gasteiger partial charge is 0.0748 e. The minimum Gasteiger partial charge on any atom is -0.305 e. The highest BCUT2D eigenvalue weighted by atomic mass is 35.5. The third kappa shape index (κ3) is 2.99. The molecule has 0 aliphatic rings. The molecule has 0 spiro atoms. The average molecular weight is 278 g/mol. The Morgan fingerprint density at radius 1 is 1.32 bits per heavy atom. The van der Waals surface area contributed by atoms with Gasteiger partial charge in [0.05, 0.1) is 11.7 Å². The molecule has 0 aliphatic heterocycles. The molecule has 2 rings (SSSR count). The molecule has 0 fully saturated rings. The molecule has 1 unspecified atom stereocenters. The highest BCUT2D eigenvalue weighted by molar-refractivity contribution is 6.31. The van der Waals surface area contributed by atoms with E-state index in [2.05, 4.69) is 42.5 Å². The Morgan fingerprint density at radius 3 is 2.74 bits per heavy atom. The van der Waals surface area contributed by atoms with Gasteiger partial charge in [-0.3, -0.25) is 4.68 Å². The Morgan fingerprint density at radius 2 is 2.11 bits per heavy atom. The van der Waals surface area contributed by atoms with Crippen LogP contribution < -0.4 is 5.32 Å². The second-order valence-corrected chi connectivity index (χ2v) is 4.98. The lowest BCUT2D eigenvalue weighted by Gasteiger charge is -2.20. The van der Waals surface area contributed by atoms with Crippen molar-refractivity contribution in [2.24, 2.45) is 0 Å². The van der Waals surface area contributed by atoms with Gasteiger partial charge in [-0.15, -0.1) is 0 Å². The summed E-state index contributed by atoms with van der Waals surface area (Å²) in [5.74, 6) is 0. The van der Waals surface area contributed by atoms with Crippen molar-refractivity contribution >= 4 is 11.6 Å². The molecule has 1 atom stereocenters. The molecular formula is C15H20ClN3. The molecule has 1 aromatic heterocycles. The van der Waals surface area contributed by atoms with Crippen molar-refractivity contribution in [1.82, 2.24) is 15.1 Å². The third-order valence-corrected chi connectivity index (χ3v) is 3.69. The highest BCUT2D eigenvalue weighted by Gasteiger charge is 2.17. The van der Waals surface area contributed by atoms with Crippen molar-refractivity contribution in [3.8, 4) is 0 Å². The van der Waals surface area contributed by atoms with Gasteiger partial charge in [-0.25, -0.2) is 0 Å². The molecular weight excluding hydrogens is 258 g/mol. The fourth-order valence-electron chi connectivity index (χ4n) is 2.30. The average Bonchev–Trinajstić information content (AvgIpc) is 2.87. The van der Waals surface area contributed by atoms with E-state index in [9.17, 15) is 0 Å². The van der Waals surface area contributed by atoms with Crippen LogP contribution in [0.4, 0.5) is 0 Å². The zero-order valence-electron chi connectivity index (χ0n) is 11.7. The summed E-state index contributed by atoms with van der Waals surface area (Å²) in [6, 6.07) is 8.41. The van der Waals surface area contributed by atoms with Crippen molar-refractivity contribution < 1.29 is 0 Å². The number of nitrogens with one attached hydrogen (secondary N) is 1. The van der Waals surface area contributed by atoms with E-state index in [4.69, 9.17) is 11.6 Å². The Labute approximate surface area is 119 Å². The molecule has 102 valence electrons. The first-order valence-corrected chi connectivity index (χ1v) is 7.06. The van der Waals surface area contributed by atoms with E-state index in [-0.39, 0.29) is 6.04 Å². The molecule has 1 N–H and O–H groups in total. The lowest BCUT2D eigenvalue weighted by molar-refractivity contribution is 0.542. The van der Waals surface area contributed by atoms with Crippen molar-refractivity contribution in [3.05, 3.63) is 52.3 Å². The van der Waals surface area contributed by atoms with E-state index >= 15 is 0 Å². The van der Waals surface area contributed by atoms with Gasteiger partial charge in [-0.05, 0) is 43.7 Å². The number of aryl methyl sites for hydroxylation is 2. The summed E-state index contributed by atoms with van der Waals surface area (Å²) in [4.78, 5) is 0. The highest BCUT2D eigenvalue weighted by Crippen LogP contribution is 2.25. The fourth-order valence-corrected chi connectivity index (χ4v) is 2.41. The van der Waals surface area contributed by atoms with E-state index in [0.29, 0.717) is 0 Å². The number of rotatable bonds is 5. The van der Waals surface area contributed by atoms with Crippen LogP contribution in [-0.2, 0) is 6.54 Å². The topological polar surface area (TPSA) is 29.9 Å². The molecule has 0 radical (unpaired) electrons. The van der Waals surface area contributed by atoms with Crippen LogP contribution in [0.1, 0.15) is 36.7 Å². The largest absolute Gasteiger partial charge is 0.305 e. The molecule has 0 saturated heterocycles. The van der Waals surface area contributed by atoms with Gasteiger partial charge in [0, 0.05) is 17.8 Å². The minimum absolute atomic E-state index is 0.156. The Kier molecular flexibility index (Phi) is 4.61. The number of nitrogens with zero attached hydrogens (tertiary/aromatic N) is 2. The number of aromatic nitrogens is 2. The summed E-state index contributed by atoms with van der Waals surface area (Å²) in [5, 5.41) is 8.68. The van der Waals surface area contributed by atoms with Gasteiger partial charge in [-0.1, -0.05) is 30.7 Å². The maximum Gasteiger partial charge on any atom is 0.0748 e. The summed E-state index contributed by atoms with van der Waals surface area (Å²) >= 11 is 6.11. The monoisotopic (exact) mass is 277 g/mol. The molecule has 1 aromatic carbocycles. The summed E-state index contributed by atoms with van der Waals surface area (Å²) in [5.41, 5.74) is 3.51. The normalized spacial score (nSPS) is 12.6. The zero-order valence-corrected chi connectivity index (χ0v) is 12.4. The van der Waals surface area contributed by atoms with Crippen molar-refractivity contribution in [3.63, 3.8) is 0 Å². The van der Waals surface area contributed by atoms with Crippen molar-refractivity contribution in [2.75, 3.05) is 6.54 Å². The maximum atomic E-state index is 6.11. The molecule has 0 bridgehead atoms. The van der Waals surface area contributed by atoms with Crippen LogP contribution >= 0.6 is 11.6 Å². The van der Waals surface area contributed by atoms with Gasteiger partial charge in [0.25, 0.3) is 0 Å². The Balaban J connectivity index is 2.42. The Hall–Kier alpha value is -1.32. The number of hydrogen-bond acceptors (Lipinski definition) is 2. The fraction of sp³-hybridized carbons (Fsp3) is 0.400. The van der Waals surface area contributed by atoms with Crippen LogP contribution in [0.5, 0.6) is 0 Å². The predicted octanol–water partition coefficient (Wildman–Crippen LogP) is 3.56. The van der Waals surface area contributed by atoms with Gasteiger partial charge < -0.3 is 5.32 Å². The van der Waals surface area contributed by atoms with Gasteiger partial charge in [-0.2, -0.15) is 5.10 Å². The van der Waals surface area contributed by atoms with Gasteiger partial charge in [0.15, 0.2) is 0 Å². The summed E-state index contributed by atoms with van der Waals surface area (Å²) in [6.07, 6.45) is 1.85. The first kappa shape index (κ1) is 14.1. The number of halogens is 1. The molecule has 2 aromatic rings. The van der Waals surface area contributed by atoms with E-state index in [1.807, 2.05) is 23.9 Å². The predicted molar refractivity (Wildman–Crippen MR) is 79.6 cm³/mol. The SMILES string of the molecule is CCNC(c1ccc(Cl)c(C)c1)c1ccnn1CC. The van der Waals surface area contributed by atoms with Crippen LogP contribution in [0, 0.1) is 6.92 Å². The van der Waals surface area contributed by atoms with E-state index in [1.165, 1.54) is 11.3 Å². The first-order chi connectivity index (χ1) is 9.17. The van der Waals surface area contributed by atoms with E-state index in [0.717, 1.165) is 23.7 Å². The first-order valence-electron chi connectivity index (χ1n) is 6.68. The molecule has 19 heavy (non-hydrogen) atoms. The van der Waals surface area contributed by atoms with Crippen LogP contribution in [0.3, 0.4) is 0 Å². The molecule has 1 heterocycles. The number of benzene rings is 1. The molecule has 0 amide bonds. The third-order valence-electron chi connectivity index (χ3n) is 3.27. The summed E-state index contributed by atoms with van der Waals surface area (Å²) in [6.45, 7) is 8.03. The molecule has 0 saturated carbocycles. The van der Waals surface area contributed by atoms with E-state index < -0.39 is 0 Å². The molecule has 0 aliphatic carbocycles. The number of hydrogen-bond donors (Lipinski definition) is 1. The maximum absolute atomic E-state index is 6.11. The van der Waals surface area contributed by atoms with Crippen molar-refractivity contribution in [2.45, 2.75) is 33.4 Å². The van der Waals surface area contributed by atoms with Gasteiger partial charge >= 0.3 is 0 Å². The lowest BCUT2D eigenvalue weighted by atomic mass is 10.0. The minimum atomic E-state index is 0.156. The van der Waals surface area contributed by atoms with Crippen LogP contribution in [0.25, 0.3) is 0 Å². The van der Waals surface area contributed by atoms with Gasteiger partial charge in [0.1, 0.15) is 0 Å². The second kappa shape index (κ2) is 6.22. The van der Waals surface area contributed by atoms with Crippen molar-refractivity contribution in [1.29, 1.82) is 0 Å². The Bertz CT molecular complexity index is 548. The van der Waals surface area contributed by atoms with Gasteiger partial charge in [0.2, 0.25) is 0 Å². The standard InChI is InChI=1S/C15H20ClN3/c1-4-17-15(14-8-9-18-19(14)5-2)12-6-7-13(16)11(3)10-12/h6-10,15,17H,4-5H2,1-3H3. The van der Waals surface area contributed by atoms with E-state index in [1.54, 1.807) is 0 Å². The molecule has 3 nitrogen and oxygen atoms in total. The lowest BCUT2D eigenvalue weighted by Crippen LogP contribution is -2.24. The summed E-state index contributed by atoms with van der Waals surface area (Å²) < 4.78 is 2.03. The summed E-state index contributed by atoms with van der Waals surface area (Å²) in [7, 11) is 0.